The van der Waals surface area contributed by atoms with Gasteiger partial charge in [-0.2, -0.15) is 0 Å². The van der Waals surface area contributed by atoms with Gasteiger partial charge in [0.05, 0.1) is 32.8 Å². The number of benzene rings is 10. The summed E-state index contributed by atoms with van der Waals surface area (Å²) >= 11 is 1.89. The molecule has 0 saturated heterocycles. The van der Waals surface area contributed by atoms with Crippen LogP contribution >= 0.6 is 11.3 Å². The van der Waals surface area contributed by atoms with Crippen LogP contribution in [0.5, 0.6) is 0 Å². The summed E-state index contributed by atoms with van der Waals surface area (Å²) in [5.41, 5.74) is 15.4. The Bertz CT molecular complexity index is 3780. The molecular weight excluding hydrogens is 867 g/mol. The van der Waals surface area contributed by atoms with Crippen molar-refractivity contribution in [2.24, 2.45) is 0 Å². The molecule has 0 aliphatic heterocycles. The zero-order valence-electron chi connectivity index (χ0n) is 41.3. The van der Waals surface area contributed by atoms with Gasteiger partial charge in [-0.05, 0) is 131 Å². The Morgan fingerprint density at radius 2 is 0.786 bits per heavy atom. The minimum atomic E-state index is 0.0271. The third kappa shape index (κ3) is 7.24. The monoisotopic (exact) mass is 923 g/mol. The first-order chi connectivity index (χ1) is 33.8. The van der Waals surface area contributed by atoms with E-state index in [0.29, 0.717) is 0 Å². The van der Waals surface area contributed by atoms with Crippen LogP contribution in [0.15, 0.2) is 200 Å². The van der Waals surface area contributed by atoms with Crippen molar-refractivity contribution in [3.63, 3.8) is 0 Å². The second kappa shape index (κ2) is 16.5. The Morgan fingerprint density at radius 1 is 0.371 bits per heavy atom. The lowest BCUT2D eigenvalue weighted by atomic mass is 9.87. The van der Waals surface area contributed by atoms with Gasteiger partial charge in [-0.25, -0.2) is 0 Å². The predicted molar refractivity (Wildman–Crippen MR) is 305 cm³/mol. The van der Waals surface area contributed by atoms with Crippen LogP contribution < -0.4 is 9.80 Å². The normalized spacial score (nSPS) is 12.3. The molecule has 10 aromatic carbocycles. The SMILES string of the molecule is Cc1cccc(N(c2ccc(C(C)(C)C)cc2)c2cc3c(c4ccccc24)c2c4ccccc4c(N(c4ccc(C(C)(C)C)cc4)c4cccc(C)c4)cc2n3-c2cccc3c2sc2ccccc23)c1. The number of nitrogens with zero attached hydrogens (tertiary/aromatic N) is 3. The van der Waals surface area contributed by atoms with Crippen molar-refractivity contribution in [1.82, 2.24) is 4.57 Å². The molecule has 0 bridgehead atoms. The zero-order chi connectivity index (χ0) is 48.1. The standard InChI is InChI=1S/C66H57N3S/c1-42-18-15-20-48(38-42)67(46-34-30-44(31-35-46)65(3,4)5)57-40-59-62(53-25-11-9-22-50(53)57)63-54-26-12-10-23-51(54)58(68(49-21-16-19-43(2)39-49)47-36-32-45(33-37-47)66(6,7)8)41-60(63)69(59)56-28-17-27-55-52-24-13-14-29-61(52)70-64(55)56/h9-41H,1-8H3. The summed E-state index contributed by atoms with van der Waals surface area (Å²) in [6.45, 7) is 18.1. The average Bonchev–Trinajstić information content (AvgIpc) is 3.90. The van der Waals surface area contributed by atoms with E-state index in [9.17, 15) is 0 Å². The fourth-order valence-electron chi connectivity index (χ4n) is 10.8. The molecule has 0 spiro atoms. The smallest absolute Gasteiger partial charge is 0.0640 e. The highest BCUT2D eigenvalue weighted by Gasteiger charge is 2.27. The summed E-state index contributed by atoms with van der Waals surface area (Å²) in [6, 6.07) is 75.3. The van der Waals surface area contributed by atoms with Gasteiger partial charge >= 0.3 is 0 Å². The number of rotatable bonds is 7. The molecule has 0 unspecified atom stereocenters. The summed E-state index contributed by atoms with van der Waals surface area (Å²) in [4.78, 5) is 4.96. The van der Waals surface area contributed by atoms with Crippen LogP contribution in [0.4, 0.5) is 34.1 Å². The van der Waals surface area contributed by atoms with Gasteiger partial charge in [-0.15, -0.1) is 11.3 Å². The topological polar surface area (TPSA) is 11.4 Å². The van der Waals surface area contributed by atoms with E-state index in [1.807, 2.05) is 11.3 Å². The summed E-state index contributed by atoms with van der Waals surface area (Å²) < 4.78 is 5.16. The molecule has 0 aliphatic carbocycles. The molecule has 0 saturated carbocycles. The Hall–Kier alpha value is -7.66. The van der Waals surface area contributed by atoms with Crippen LogP contribution in [0.3, 0.4) is 0 Å². The summed E-state index contributed by atoms with van der Waals surface area (Å²) in [7, 11) is 0. The molecule has 2 heterocycles. The number of thiophene rings is 1. The number of aryl methyl sites for hydroxylation is 2. The molecule has 0 atom stereocenters. The van der Waals surface area contributed by atoms with E-state index < -0.39 is 0 Å². The third-order valence-corrected chi connectivity index (χ3v) is 15.6. The van der Waals surface area contributed by atoms with Crippen LogP contribution in [0.1, 0.15) is 63.8 Å². The minimum Gasteiger partial charge on any atom is -0.310 e. The number of hydrogen-bond acceptors (Lipinski definition) is 3. The summed E-state index contributed by atoms with van der Waals surface area (Å²) in [6.07, 6.45) is 0. The number of aromatic nitrogens is 1. The average molecular weight is 924 g/mol. The number of fused-ring (bicyclic) bond motifs is 10. The number of hydrogen-bond donors (Lipinski definition) is 0. The largest absolute Gasteiger partial charge is 0.310 e. The maximum atomic E-state index is 2.60. The van der Waals surface area contributed by atoms with E-state index in [-0.39, 0.29) is 10.8 Å². The molecule has 0 aliphatic rings. The zero-order valence-corrected chi connectivity index (χ0v) is 42.1. The van der Waals surface area contributed by atoms with Gasteiger partial charge in [0.1, 0.15) is 0 Å². The maximum Gasteiger partial charge on any atom is 0.0640 e. The van der Waals surface area contributed by atoms with E-state index in [1.54, 1.807) is 0 Å². The van der Waals surface area contributed by atoms with E-state index in [2.05, 4.69) is 270 Å². The molecule has 70 heavy (non-hydrogen) atoms. The third-order valence-electron chi connectivity index (χ3n) is 14.3. The second-order valence-electron chi connectivity index (χ2n) is 21.2. The van der Waals surface area contributed by atoms with Gasteiger partial charge in [0.2, 0.25) is 0 Å². The highest BCUT2D eigenvalue weighted by molar-refractivity contribution is 7.26. The molecule has 0 radical (unpaired) electrons. The van der Waals surface area contributed by atoms with Crippen molar-refractivity contribution < 1.29 is 0 Å². The molecule has 12 rings (SSSR count). The Morgan fingerprint density at radius 3 is 1.24 bits per heavy atom. The summed E-state index contributed by atoms with van der Waals surface area (Å²) in [5.74, 6) is 0. The molecule has 0 fully saturated rings. The van der Waals surface area contributed by atoms with Gasteiger partial charge < -0.3 is 14.4 Å². The molecule has 12 aromatic rings. The van der Waals surface area contributed by atoms with Crippen LogP contribution in [0, 0.1) is 13.8 Å². The first kappa shape index (κ1) is 43.6. The van der Waals surface area contributed by atoms with Crippen molar-refractivity contribution in [1.29, 1.82) is 0 Å². The van der Waals surface area contributed by atoms with Crippen LogP contribution in [0.25, 0.3) is 69.2 Å². The van der Waals surface area contributed by atoms with Crippen molar-refractivity contribution in [3.05, 3.63) is 222 Å². The van der Waals surface area contributed by atoms with Crippen LogP contribution in [0.2, 0.25) is 0 Å². The molecule has 3 nitrogen and oxygen atoms in total. The number of anilines is 6. The van der Waals surface area contributed by atoms with Crippen LogP contribution in [-0.4, -0.2) is 4.57 Å². The molecule has 0 N–H and O–H groups in total. The van der Waals surface area contributed by atoms with Crippen molar-refractivity contribution in [2.45, 2.75) is 66.2 Å². The Balaban J connectivity index is 1.25. The lowest BCUT2D eigenvalue weighted by Gasteiger charge is -2.29. The second-order valence-corrected chi connectivity index (χ2v) is 22.3. The Kier molecular flexibility index (Phi) is 10.3. The highest BCUT2D eigenvalue weighted by Crippen LogP contribution is 2.51. The summed E-state index contributed by atoms with van der Waals surface area (Å²) in [5, 5.41) is 9.90. The van der Waals surface area contributed by atoms with E-state index >= 15 is 0 Å². The first-order valence-electron chi connectivity index (χ1n) is 24.6. The van der Waals surface area contributed by atoms with Crippen molar-refractivity contribution in [3.8, 4) is 5.69 Å². The quantitative estimate of drug-likeness (QED) is 0.158. The molecule has 4 heteroatoms. The van der Waals surface area contributed by atoms with Gasteiger partial charge in [0, 0.05) is 59.8 Å². The van der Waals surface area contributed by atoms with Gasteiger partial charge in [0.15, 0.2) is 0 Å². The van der Waals surface area contributed by atoms with Gasteiger partial charge in [-0.1, -0.05) is 169 Å². The predicted octanol–water partition coefficient (Wildman–Crippen LogP) is 19.6. The lowest BCUT2D eigenvalue weighted by Crippen LogP contribution is -2.13. The molecule has 0 amide bonds. The Labute approximate surface area is 415 Å². The maximum absolute atomic E-state index is 2.60. The van der Waals surface area contributed by atoms with E-state index in [4.69, 9.17) is 0 Å². The van der Waals surface area contributed by atoms with E-state index in [1.165, 1.54) is 80.4 Å². The van der Waals surface area contributed by atoms with E-state index in [0.717, 1.165) is 45.2 Å². The van der Waals surface area contributed by atoms with Crippen LogP contribution in [-0.2, 0) is 10.8 Å². The van der Waals surface area contributed by atoms with Crippen molar-refractivity contribution in [2.75, 3.05) is 9.80 Å². The van der Waals surface area contributed by atoms with Gasteiger partial charge in [-0.3, -0.25) is 0 Å². The fraction of sp³-hybridized carbons (Fsp3) is 0.152. The molecule has 2 aromatic heterocycles. The fourth-order valence-corrected chi connectivity index (χ4v) is 12.0. The molecular formula is C66H57N3S. The lowest BCUT2D eigenvalue weighted by molar-refractivity contribution is 0.590. The highest BCUT2D eigenvalue weighted by atomic mass is 32.1. The molecule has 342 valence electrons. The van der Waals surface area contributed by atoms with Gasteiger partial charge in [0.25, 0.3) is 0 Å². The van der Waals surface area contributed by atoms with Crippen molar-refractivity contribution >= 4 is 109 Å². The first-order valence-corrected chi connectivity index (χ1v) is 25.4. The minimum absolute atomic E-state index is 0.0271.